The summed E-state index contributed by atoms with van der Waals surface area (Å²) in [5.41, 5.74) is 0. The van der Waals surface area contributed by atoms with E-state index in [0.29, 0.717) is 19.0 Å². The van der Waals surface area contributed by atoms with E-state index in [0.717, 1.165) is 19.3 Å². The van der Waals surface area contributed by atoms with Gasteiger partial charge in [-0.1, -0.05) is 0 Å². The number of hydrogen-bond acceptors (Lipinski definition) is 2. The van der Waals surface area contributed by atoms with Gasteiger partial charge in [0.1, 0.15) is 6.04 Å². The highest BCUT2D eigenvalue weighted by atomic mass is 16.4. The topological polar surface area (TPSA) is 60.9 Å². The number of likely N-dealkylation sites (tertiary alicyclic amines) is 1. The Labute approximate surface area is 95.0 Å². The summed E-state index contributed by atoms with van der Waals surface area (Å²) in [6, 6.07) is -0.410. The van der Waals surface area contributed by atoms with Gasteiger partial charge in [-0.05, 0) is 32.1 Å². The molecule has 16 heavy (non-hydrogen) atoms. The van der Waals surface area contributed by atoms with Gasteiger partial charge in [-0.3, -0.25) is 0 Å². The molecule has 0 radical (unpaired) electrons. The Kier molecular flexibility index (Phi) is 3.03. The van der Waals surface area contributed by atoms with Crippen molar-refractivity contribution in [1.29, 1.82) is 0 Å². The molecule has 1 aliphatic heterocycles. The zero-order valence-electron chi connectivity index (χ0n) is 9.56. The summed E-state index contributed by atoms with van der Waals surface area (Å²) in [6.45, 7) is 0.576. The molecule has 0 unspecified atom stereocenters. The molecule has 2 amide bonds. The fourth-order valence-corrected chi connectivity index (χ4v) is 2.39. The van der Waals surface area contributed by atoms with E-state index in [9.17, 15) is 9.59 Å². The molecule has 2 fully saturated rings. The van der Waals surface area contributed by atoms with Gasteiger partial charge >= 0.3 is 12.0 Å². The van der Waals surface area contributed by atoms with Gasteiger partial charge in [0.05, 0.1) is 0 Å². The first-order valence-electron chi connectivity index (χ1n) is 5.87. The SMILES string of the molecule is CN(C(=O)N1CCC[C@H]1C(=O)O)C1CCC1. The second-order valence-corrected chi connectivity index (χ2v) is 4.67. The van der Waals surface area contributed by atoms with Crippen LogP contribution in [0.4, 0.5) is 4.79 Å². The molecule has 5 heteroatoms. The van der Waals surface area contributed by atoms with Crippen molar-refractivity contribution in [2.75, 3.05) is 13.6 Å². The molecule has 0 aromatic rings. The van der Waals surface area contributed by atoms with Crippen molar-refractivity contribution >= 4 is 12.0 Å². The maximum atomic E-state index is 12.1. The number of amides is 2. The molecule has 90 valence electrons. The van der Waals surface area contributed by atoms with Crippen molar-refractivity contribution in [3.63, 3.8) is 0 Å². The van der Waals surface area contributed by atoms with Gasteiger partial charge in [-0.25, -0.2) is 9.59 Å². The van der Waals surface area contributed by atoms with Crippen molar-refractivity contribution < 1.29 is 14.7 Å². The molecule has 0 bridgehead atoms. The lowest BCUT2D eigenvalue weighted by molar-refractivity contribution is -0.141. The number of carbonyl (C=O) groups is 2. The van der Waals surface area contributed by atoms with Crippen LogP contribution in [0.1, 0.15) is 32.1 Å². The van der Waals surface area contributed by atoms with Crippen molar-refractivity contribution in [1.82, 2.24) is 9.80 Å². The maximum Gasteiger partial charge on any atom is 0.326 e. The average Bonchev–Trinajstić information content (AvgIpc) is 2.61. The molecule has 1 N–H and O–H groups in total. The number of carboxylic acid groups (broad SMARTS) is 1. The van der Waals surface area contributed by atoms with Crippen LogP contribution in [-0.4, -0.2) is 52.6 Å². The van der Waals surface area contributed by atoms with Crippen molar-refractivity contribution in [3.05, 3.63) is 0 Å². The lowest BCUT2D eigenvalue weighted by atomic mass is 9.92. The van der Waals surface area contributed by atoms with E-state index >= 15 is 0 Å². The normalized spacial score (nSPS) is 25.3. The molecule has 2 rings (SSSR count). The van der Waals surface area contributed by atoms with E-state index in [1.54, 1.807) is 11.9 Å². The van der Waals surface area contributed by atoms with Gasteiger partial charge in [0.25, 0.3) is 0 Å². The highest BCUT2D eigenvalue weighted by Crippen LogP contribution is 2.26. The Morgan fingerprint density at radius 1 is 1.25 bits per heavy atom. The third-order valence-corrected chi connectivity index (χ3v) is 3.71. The minimum Gasteiger partial charge on any atom is -0.480 e. The molecular weight excluding hydrogens is 208 g/mol. The van der Waals surface area contributed by atoms with Crippen LogP contribution in [0.5, 0.6) is 0 Å². The van der Waals surface area contributed by atoms with Crippen molar-refractivity contribution in [2.45, 2.75) is 44.2 Å². The predicted octanol–water partition coefficient (Wildman–Crippen LogP) is 1.14. The van der Waals surface area contributed by atoms with Crippen LogP contribution in [0.25, 0.3) is 0 Å². The van der Waals surface area contributed by atoms with Crippen LogP contribution in [-0.2, 0) is 4.79 Å². The van der Waals surface area contributed by atoms with Gasteiger partial charge in [0.2, 0.25) is 0 Å². The van der Waals surface area contributed by atoms with Gasteiger partial charge in [0.15, 0.2) is 0 Å². The zero-order chi connectivity index (χ0) is 11.7. The van der Waals surface area contributed by atoms with E-state index in [1.807, 2.05) is 0 Å². The summed E-state index contributed by atoms with van der Waals surface area (Å²) in [7, 11) is 1.78. The third kappa shape index (κ3) is 1.86. The molecule has 1 saturated carbocycles. The van der Waals surface area contributed by atoms with Crippen LogP contribution in [0, 0.1) is 0 Å². The number of carboxylic acids is 1. The number of urea groups is 1. The third-order valence-electron chi connectivity index (χ3n) is 3.71. The van der Waals surface area contributed by atoms with E-state index < -0.39 is 12.0 Å². The summed E-state index contributed by atoms with van der Waals surface area (Å²) >= 11 is 0. The molecule has 0 aromatic carbocycles. The lowest BCUT2D eigenvalue weighted by Crippen LogP contribution is -2.51. The number of carbonyl (C=O) groups excluding carboxylic acids is 1. The first-order valence-corrected chi connectivity index (χ1v) is 5.87. The molecule has 0 aromatic heterocycles. The van der Waals surface area contributed by atoms with Gasteiger partial charge in [-0.2, -0.15) is 0 Å². The first kappa shape index (κ1) is 11.2. The summed E-state index contributed by atoms with van der Waals surface area (Å²) in [5, 5.41) is 9.01. The Bertz CT molecular complexity index is 302. The molecule has 5 nitrogen and oxygen atoms in total. The predicted molar refractivity (Wildman–Crippen MR) is 58.2 cm³/mol. The number of nitrogens with zero attached hydrogens (tertiary/aromatic N) is 2. The fraction of sp³-hybridized carbons (Fsp3) is 0.818. The van der Waals surface area contributed by atoms with Crippen LogP contribution in [0.15, 0.2) is 0 Å². The average molecular weight is 226 g/mol. The van der Waals surface area contributed by atoms with Crippen LogP contribution >= 0.6 is 0 Å². The number of aliphatic carboxylic acids is 1. The minimum atomic E-state index is -0.882. The zero-order valence-corrected chi connectivity index (χ0v) is 9.56. The Morgan fingerprint density at radius 2 is 1.94 bits per heavy atom. The van der Waals surface area contributed by atoms with Gasteiger partial charge in [0, 0.05) is 19.6 Å². The monoisotopic (exact) mass is 226 g/mol. The summed E-state index contributed by atoms with van der Waals surface area (Å²) in [6.07, 6.45) is 4.65. The second kappa shape index (κ2) is 4.31. The quantitative estimate of drug-likeness (QED) is 0.768. The second-order valence-electron chi connectivity index (χ2n) is 4.67. The lowest BCUT2D eigenvalue weighted by Gasteiger charge is -2.37. The Morgan fingerprint density at radius 3 is 2.44 bits per heavy atom. The van der Waals surface area contributed by atoms with Crippen LogP contribution in [0.2, 0.25) is 0 Å². The van der Waals surface area contributed by atoms with E-state index in [4.69, 9.17) is 5.11 Å². The summed E-state index contributed by atoms with van der Waals surface area (Å²) in [4.78, 5) is 26.3. The van der Waals surface area contributed by atoms with E-state index in [1.165, 1.54) is 11.3 Å². The molecule has 1 heterocycles. The standard InChI is InChI=1S/C11H18N2O3/c1-12(8-4-2-5-8)11(16)13-7-3-6-9(13)10(14)15/h8-9H,2-7H2,1H3,(H,14,15)/t9-/m0/s1. The number of rotatable bonds is 2. The van der Waals surface area contributed by atoms with Crippen molar-refractivity contribution in [3.8, 4) is 0 Å². The van der Waals surface area contributed by atoms with Gasteiger partial charge < -0.3 is 14.9 Å². The minimum absolute atomic E-state index is 0.116. The van der Waals surface area contributed by atoms with Gasteiger partial charge in [-0.15, -0.1) is 0 Å². The molecular formula is C11H18N2O3. The van der Waals surface area contributed by atoms with Crippen molar-refractivity contribution in [2.24, 2.45) is 0 Å². The first-order chi connectivity index (χ1) is 7.61. The van der Waals surface area contributed by atoms with E-state index in [2.05, 4.69) is 0 Å². The molecule has 0 spiro atoms. The highest BCUT2D eigenvalue weighted by molar-refractivity contribution is 5.83. The summed E-state index contributed by atoms with van der Waals surface area (Å²) in [5.74, 6) is -0.882. The fourth-order valence-electron chi connectivity index (χ4n) is 2.39. The highest BCUT2D eigenvalue weighted by Gasteiger charge is 2.37. The molecule has 1 atom stereocenters. The van der Waals surface area contributed by atoms with E-state index in [-0.39, 0.29) is 6.03 Å². The Hall–Kier alpha value is -1.26. The Balaban J connectivity index is 1.99. The molecule has 1 saturated heterocycles. The van der Waals surface area contributed by atoms with Crippen LogP contribution in [0.3, 0.4) is 0 Å². The summed E-state index contributed by atoms with van der Waals surface area (Å²) < 4.78 is 0. The smallest absolute Gasteiger partial charge is 0.326 e. The maximum absolute atomic E-state index is 12.1. The van der Waals surface area contributed by atoms with Crippen LogP contribution < -0.4 is 0 Å². The largest absolute Gasteiger partial charge is 0.480 e. The molecule has 2 aliphatic rings. The molecule has 1 aliphatic carbocycles. The number of hydrogen-bond donors (Lipinski definition) is 1.